The Labute approximate surface area is 140 Å². The Morgan fingerprint density at radius 1 is 0.824 bits per heavy atom. The van der Waals surface area contributed by atoms with Crippen molar-refractivity contribution in [1.82, 2.24) is 0 Å². The summed E-state index contributed by atoms with van der Waals surface area (Å²) in [6, 6.07) is 0. The summed E-state index contributed by atoms with van der Waals surface area (Å²) in [6.07, 6.45) is -0.500. The molecule has 17 heavy (non-hydrogen) atoms. The number of thiocyanates is 1. The molecular formula is C10H25ClNNaO3S. The molecule has 7 heteroatoms. The number of halogens is 1. The van der Waals surface area contributed by atoms with Gasteiger partial charge in [0.2, 0.25) is 0 Å². The standard InChI is InChI=1S/3C3H8O.CHNS.ClH.Na/c3*1-3(2)4;2-1-3;;/h3*3-4H,1-2H3;3H;1H;/q;;;;;+1/p-1. The van der Waals surface area contributed by atoms with Gasteiger partial charge in [-0.05, 0) is 41.5 Å². The van der Waals surface area contributed by atoms with Crippen molar-refractivity contribution in [2.75, 3.05) is 0 Å². The second-order valence-corrected chi connectivity index (χ2v) is 3.56. The van der Waals surface area contributed by atoms with E-state index in [1.54, 1.807) is 41.5 Å². The van der Waals surface area contributed by atoms with Gasteiger partial charge < -0.3 is 27.9 Å². The Hall–Kier alpha value is 0.880. The van der Waals surface area contributed by atoms with Crippen LogP contribution in [-0.2, 0) is 12.6 Å². The van der Waals surface area contributed by atoms with Crippen molar-refractivity contribution < 1.29 is 44.9 Å². The molecule has 0 amide bonds. The van der Waals surface area contributed by atoms with E-state index >= 15 is 0 Å². The fourth-order valence-corrected chi connectivity index (χ4v) is 0. The number of nitrogens with zero attached hydrogens (tertiary/aromatic N) is 1. The van der Waals surface area contributed by atoms with E-state index in [-0.39, 0.29) is 60.3 Å². The Bertz CT molecular complexity index is 111. The molecular weight excluding hydrogens is 273 g/mol. The van der Waals surface area contributed by atoms with Crippen LogP contribution < -0.4 is 29.6 Å². The molecule has 0 aromatic rings. The van der Waals surface area contributed by atoms with Crippen LogP contribution in [0.15, 0.2) is 0 Å². The van der Waals surface area contributed by atoms with Crippen molar-refractivity contribution in [3.8, 4) is 5.40 Å². The molecule has 4 nitrogen and oxygen atoms in total. The minimum atomic E-state index is -0.167. The van der Waals surface area contributed by atoms with Gasteiger partial charge in [-0.2, -0.15) is 0 Å². The normalized spacial score (nSPS) is 6.76. The first-order chi connectivity index (χ1) is 6.61. The molecule has 0 aliphatic rings. The summed E-state index contributed by atoms with van der Waals surface area (Å²) in [4.78, 5) is 0. The monoisotopic (exact) mass is 297 g/mol. The Kier molecular flexibility index (Phi) is 76.4. The van der Waals surface area contributed by atoms with Crippen molar-refractivity contribution >= 4 is 25.0 Å². The van der Waals surface area contributed by atoms with Gasteiger partial charge in [-0.15, -0.1) is 12.4 Å². The molecule has 0 aliphatic heterocycles. The van der Waals surface area contributed by atoms with E-state index in [4.69, 9.17) is 20.6 Å². The van der Waals surface area contributed by atoms with Crippen LogP contribution in [0.1, 0.15) is 41.5 Å². The fraction of sp³-hybridized carbons (Fsp3) is 0.900. The van der Waals surface area contributed by atoms with Crippen molar-refractivity contribution in [3.63, 3.8) is 0 Å². The molecule has 0 atom stereocenters. The van der Waals surface area contributed by atoms with Crippen molar-refractivity contribution in [2.45, 2.75) is 59.9 Å². The quantitative estimate of drug-likeness (QED) is 0.291. The molecule has 102 valence electrons. The molecule has 0 radical (unpaired) electrons. The van der Waals surface area contributed by atoms with E-state index in [0.717, 1.165) is 0 Å². The van der Waals surface area contributed by atoms with Crippen LogP contribution in [0.5, 0.6) is 0 Å². The number of aliphatic hydroxyl groups excluding tert-OH is 3. The Balaban J connectivity index is -0.0000000230. The summed E-state index contributed by atoms with van der Waals surface area (Å²) >= 11 is 3.70. The second-order valence-electron chi connectivity index (χ2n) is 3.37. The molecule has 3 N–H and O–H groups in total. The van der Waals surface area contributed by atoms with Gasteiger partial charge in [0.05, 0.1) is 0 Å². The van der Waals surface area contributed by atoms with Gasteiger partial charge in [-0.3, -0.25) is 0 Å². The van der Waals surface area contributed by atoms with E-state index in [1.807, 2.05) is 0 Å². The zero-order chi connectivity index (χ0) is 13.4. The van der Waals surface area contributed by atoms with Gasteiger partial charge in [0.1, 0.15) is 0 Å². The molecule has 0 rings (SSSR count). The van der Waals surface area contributed by atoms with Gasteiger partial charge in [0.15, 0.2) is 0 Å². The number of rotatable bonds is 0. The van der Waals surface area contributed by atoms with Crippen molar-refractivity contribution in [1.29, 1.82) is 5.26 Å². The van der Waals surface area contributed by atoms with Crippen LogP contribution in [0.25, 0.3) is 0 Å². The first-order valence-electron chi connectivity index (χ1n) is 4.67. The van der Waals surface area contributed by atoms with Crippen molar-refractivity contribution in [2.24, 2.45) is 0 Å². The average Bonchev–Trinajstić information content (AvgIpc) is 1.81. The summed E-state index contributed by atoms with van der Waals surface area (Å²) in [6.45, 7) is 10.3. The first-order valence-corrected chi connectivity index (χ1v) is 5.07. The number of aliphatic hydroxyl groups is 3. The summed E-state index contributed by atoms with van der Waals surface area (Å²) in [5.74, 6) is 0. The Morgan fingerprint density at radius 2 is 0.824 bits per heavy atom. The minimum absolute atomic E-state index is 0. The van der Waals surface area contributed by atoms with Gasteiger partial charge >= 0.3 is 29.6 Å². The summed E-state index contributed by atoms with van der Waals surface area (Å²) in [5, 5.41) is 32.6. The summed E-state index contributed by atoms with van der Waals surface area (Å²) in [5.41, 5.74) is 0. The molecule has 0 heterocycles. The number of hydrogen-bond acceptors (Lipinski definition) is 5. The maximum Gasteiger partial charge on any atom is 1.00 e. The minimum Gasteiger partial charge on any atom is -0.696 e. The van der Waals surface area contributed by atoms with Gasteiger partial charge in [-0.25, -0.2) is 5.26 Å². The van der Waals surface area contributed by atoms with Crippen LogP contribution in [0, 0.1) is 10.7 Å². The third-order valence-electron chi connectivity index (χ3n) is 0. The van der Waals surface area contributed by atoms with E-state index in [9.17, 15) is 0 Å². The largest absolute Gasteiger partial charge is 1.00 e. The van der Waals surface area contributed by atoms with Crippen LogP contribution in [0.3, 0.4) is 0 Å². The van der Waals surface area contributed by atoms with Gasteiger partial charge in [0.25, 0.3) is 0 Å². The fourth-order valence-electron chi connectivity index (χ4n) is 0. The maximum absolute atomic E-state index is 8.06. The third-order valence-corrected chi connectivity index (χ3v) is 0. The average molecular weight is 298 g/mol. The van der Waals surface area contributed by atoms with Crippen LogP contribution in [0.2, 0.25) is 0 Å². The molecule has 0 bridgehead atoms. The molecule has 0 aromatic heterocycles. The maximum atomic E-state index is 8.06. The molecule has 0 aliphatic carbocycles. The predicted octanol–water partition coefficient (Wildman–Crippen LogP) is -1.40. The van der Waals surface area contributed by atoms with Gasteiger partial charge in [-0.1, -0.05) is 5.40 Å². The van der Waals surface area contributed by atoms with Crippen molar-refractivity contribution in [3.05, 3.63) is 0 Å². The third kappa shape index (κ3) is 4830. The number of hydrogen-bond donors (Lipinski definition) is 3. The molecule has 0 saturated heterocycles. The topological polar surface area (TPSA) is 84.5 Å². The van der Waals surface area contributed by atoms with E-state index in [1.165, 1.54) is 5.40 Å². The van der Waals surface area contributed by atoms with Crippen LogP contribution in [0.4, 0.5) is 0 Å². The molecule has 0 unspecified atom stereocenters. The molecule has 0 aromatic carbocycles. The predicted molar refractivity (Wildman–Crippen MR) is 72.3 cm³/mol. The van der Waals surface area contributed by atoms with E-state index < -0.39 is 0 Å². The summed E-state index contributed by atoms with van der Waals surface area (Å²) < 4.78 is 0. The second kappa shape index (κ2) is 36.0. The molecule has 0 spiro atoms. The number of nitriles is 1. The first kappa shape index (κ1) is 36.1. The molecule has 0 saturated carbocycles. The smallest absolute Gasteiger partial charge is 0.696 e. The summed E-state index contributed by atoms with van der Waals surface area (Å²) in [7, 11) is 0. The SMILES string of the molecule is CC(C)O.CC(C)O.CC(C)O.Cl.N#C[S-].[Na+]. The zero-order valence-electron chi connectivity index (χ0n) is 11.8. The van der Waals surface area contributed by atoms with Gasteiger partial charge in [0, 0.05) is 18.3 Å². The molecule has 0 fully saturated rings. The zero-order valence-corrected chi connectivity index (χ0v) is 15.5. The van der Waals surface area contributed by atoms with Crippen LogP contribution >= 0.6 is 12.4 Å². The van der Waals surface area contributed by atoms with E-state index in [0.29, 0.717) is 0 Å². The Morgan fingerprint density at radius 3 is 0.824 bits per heavy atom. The van der Waals surface area contributed by atoms with E-state index in [2.05, 4.69) is 12.6 Å². The van der Waals surface area contributed by atoms with Crippen LogP contribution in [-0.4, -0.2) is 33.6 Å².